The fourth-order valence-electron chi connectivity index (χ4n) is 1.78. The first kappa shape index (κ1) is 7.53. The average Bonchev–Trinajstić information content (AvgIpc) is 2.32. The summed E-state index contributed by atoms with van der Waals surface area (Å²) >= 11 is 0. The smallest absolute Gasteiger partial charge is 0.104 e. The van der Waals surface area contributed by atoms with Crippen LogP contribution in [0.3, 0.4) is 0 Å². The quantitative estimate of drug-likeness (QED) is 0.543. The van der Waals surface area contributed by atoms with Crippen molar-refractivity contribution in [3.63, 3.8) is 0 Å². The zero-order chi connectivity index (χ0) is 7.57. The molecule has 0 amide bonds. The predicted molar refractivity (Wildman–Crippen MR) is 41.6 cm³/mol. The van der Waals surface area contributed by atoms with Gasteiger partial charge in [-0.25, -0.2) is 0 Å². The van der Waals surface area contributed by atoms with Crippen LogP contribution < -0.4 is 5.32 Å². The summed E-state index contributed by atoms with van der Waals surface area (Å²) in [6, 6.07) is 0. The summed E-state index contributed by atoms with van der Waals surface area (Å²) in [5, 5.41) is 3.33. The molecule has 2 aliphatic heterocycles. The zero-order valence-corrected chi connectivity index (χ0v) is 6.77. The molecule has 3 nitrogen and oxygen atoms in total. The Morgan fingerprint density at radius 1 is 1.27 bits per heavy atom. The Hall–Kier alpha value is -0.120. The van der Waals surface area contributed by atoms with E-state index in [4.69, 9.17) is 9.47 Å². The second-order valence-corrected chi connectivity index (χ2v) is 3.36. The third-order valence-corrected chi connectivity index (χ3v) is 2.42. The lowest BCUT2D eigenvalue weighted by Gasteiger charge is -2.25. The largest absolute Gasteiger partial charge is 0.377 e. The predicted octanol–water partition coefficient (Wildman–Crippen LogP) is 0.155. The standard InChI is InChI=1S/C8H15NO2/c1-2-8(11-4-1)6-9-3-5-10-7-8/h9H,1-7H2/t8-/m0/s1. The van der Waals surface area contributed by atoms with E-state index in [1.165, 1.54) is 6.42 Å². The maximum atomic E-state index is 5.67. The van der Waals surface area contributed by atoms with Gasteiger partial charge in [-0.3, -0.25) is 0 Å². The molecule has 2 heterocycles. The third kappa shape index (κ3) is 1.55. The van der Waals surface area contributed by atoms with E-state index in [2.05, 4.69) is 5.32 Å². The molecule has 2 rings (SSSR count). The van der Waals surface area contributed by atoms with Gasteiger partial charge in [0.05, 0.1) is 13.2 Å². The highest BCUT2D eigenvalue weighted by Crippen LogP contribution is 2.25. The molecular formula is C8H15NO2. The van der Waals surface area contributed by atoms with Gasteiger partial charge in [0.15, 0.2) is 0 Å². The van der Waals surface area contributed by atoms with Crippen molar-refractivity contribution in [1.82, 2.24) is 5.32 Å². The monoisotopic (exact) mass is 157 g/mol. The van der Waals surface area contributed by atoms with Crippen LogP contribution in [0.15, 0.2) is 0 Å². The number of nitrogens with one attached hydrogen (secondary N) is 1. The van der Waals surface area contributed by atoms with Gasteiger partial charge in [-0.2, -0.15) is 0 Å². The Bertz CT molecular complexity index is 122. The molecule has 2 aliphatic rings. The SMILES string of the molecule is C1CO[C@@]2(C1)CNCCOC2. The van der Waals surface area contributed by atoms with Crippen molar-refractivity contribution >= 4 is 0 Å². The minimum atomic E-state index is 0.0243. The molecule has 64 valence electrons. The molecule has 0 unspecified atom stereocenters. The Morgan fingerprint density at radius 2 is 2.27 bits per heavy atom. The molecule has 2 saturated heterocycles. The molecule has 0 aromatic heterocycles. The third-order valence-electron chi connectivity index (χ3n) is 2.42. The molecule has 0 aliphatic carbocycles. The molecule has 0 saturated carbocycles. The van der Waals surface area contributed by atoms with Crippen molar-refractivity contribution in [2.45, 2.75) is 18.4 Å². The second kappa shape index (κ2) is 3.09. The topological polar surface area (TPSA) is 30.5 Å². The molecule has 0 aromatic carbocycles. The van der Waals surface area contributed by atoms with Crippen LogP contribution in [0.25, 0.3) is 0 Å². The average molecular weight is 157 g/mol. The molecule has 1 atom stereocenters. The van der Waals surface area contributed by atoms with Crippen LogP contribution >= 0.6 is 0 Å². The van der Waals surface area contributed by atoms with Gasteiger partial charge in [0, 0.05) is 19.7 Å². The molecule has 11 heavy (non-hydrogen) atoms. The van der Waals surface area contributed by atoms with Crippen molar-refractivity contribution in [1.29, 1.82) is 0 Å². The van der Waals surface area contributed by atoms with Crippen LogP contribution in [-0.2, 0) is 9.47 Å². The Kier molecular flexibility index (Phi) is 2.11. The summed E-state index contributed by atoms with van der Waals surface area (Å²) in [5.74, 6) is 0. The number of hydrogen-bond acceptors (Lipinski definition) is 3. The highest BCUT2D eigenvalue weighted by molar-refractivity contribution is 4.88. The molecule has 1 N–H and O–H groups in total. The van der Waals surface area contributed by atoms with E-state index in [0.717, 1.165) is 39.3 Å². The van der Waals surface area contributed by atoms with Crippen LogP contribution in [0.1, 0.15) is 12.8 Å². The van der Waals surface area contributed by atoms with E-state index in [1.54, 1.807) is 0 Å². The molecule has 0 bridgehead atoms. The van der Waals surface area contributed by atoms with Gasteiger partial charge in [0.25, 0.3) is 0 Å². The van der Waals surface area contributed by atoms with Crippen LogP contribution in [0.2, 0.25) is 0 Å². The summed E-state index contributed by atoms with van der Waals surface area (Å²) in [7, 11) is 0. The minimum absolute atomic E-state index is 0.0243. The first-order valence-corrected chi connectivity index (χ1v) is 4.34. The number of ether oxygens (including phenoxy) is 2. The lowest BCUT2D eigenvalue weighted by Crippen LogP contribution is -2.41. The number of rotatable bonds is 0. The number of hydrogen-bond donors (Lipinski definition) is 1. The molecule has 2 fully saturated rings. The normalized spacial score (nSPS) is 39.3. The Labute approximate surface area is 67.1 Å². The Morgan fingerprint density at radius 3 is 3.09 bits per heavy atom. The molecular weight excluding hydrogens is 142 g/mol. The fourth-order valence-corrected chi connectivity index (χ4v) is 1.78. The minimum Gasteiger partial charge on any atom is -0.377 e. The summed E-state index contributed by atoms with van der Waals surface area (Å²) in [6.45, 7) is 4.44. The van der Waals surface area contributed by atoms with Crippen LogP contribution in [-0.4, -0.2) is 38.5 Å². The van der Waals surface area contributed by atoms with Gasteiger partial charge in [0.1, 0.15) is 5.60 Å². The molecule has 3 heteroatoms. The van der Waals surface area contributed by atoms with E-state index >= 15 is 0 Å². The second-order valence-electron chi connectivity index (χ2n) is 3.36. The van der Waals surface area contributed by atoms with Gasteiger partial charge < -0.3 is 14.8 Å². The lowest BCUT2D eigenvalue weighted by molar-refractivity contribution is -0.0469. The van der Waals surface area contributed by atoms with E-state index in [9.17, 15) is 0 Å². The van der Waals surface area contributed by atoms with E-state index in [1.807, 2.05) is 0 Å². The van der Waals surface area contributed by atoms with Crippen molar-refractivity contribution in [3.8, 4) is 0 Å². The van der Waals surface area contributed by atoms with E-state index in [-0.39, 0.29) is 5.60 Å². The molecule has 1 spiro atoms. The lowest BCUT2D eigenvalue weighted by atomic mass is 10.0. The summed E-state index contributed by atoms with van der Waals surface area (Å²) in [5.41, 5.74) is 0.0243. The first-order valence-electron chi connectivity index (χ1n) is 4.34. The summed E-state index contributed by atoms with van der Waals surface area (Å²) < 4.78 is 11.1. The van der Waals surface area contributed by atoms with Crippen LogP contribution in [0.4, 0.5) is 0 Å². The maximum Gasteiger partial charge on any atom is 0.104 e. The van der Waals surface area contributed by atoms with E-state index in [0.29, 0.717) is 0 Å². The van der Waals surface area contributed by atoms with Crippen molar-refractivity contribution < 1.29 is 9.47 Å². The van der Waals surface area contributed by atoms with E-state index < -0.39 is 0 Å². The summed E-state index contributed by atoms with van der Waals surface area (Å²) in [6.07, 6.45) is 2.34. The van der Waals surface area contributed by atoms with Gasteiger partial charge in [0.2, 0.25) is 0 Å². The highest BCUT2D eigenvalue weighted by atomic mass is 16.5. The molecule has 0 radical (unpaired) electrons. The van der Waals surface area contributed by atoms with Crippen molar-refractivity contribution in [2.75, 3.05) is 32.9 Å². The van der Waals surface area contributed by atoms with Crippen molar-refractivity contribution in [3.05, 3.63) is 0 Å². The van der Waals surface area contributed by atoms with Crippen molar-refractivity contribution in [2.24, 2.45) is 0 Å². The Balaban J connectivity index is 1.97. The van der Waals surface area contributed by atoms with Gasteiger partial charge in [-0.15, -0.1) is 0 Å². The maximum absolute atomic E-state index is 5.67. The zero-order valence-electron chi connectivity index (χ0n) is 6.77. The van der Waals surface area contributed by atoms with Crippen LogP contribution in [0, 0.1) is 0 Å². The fraction of sp³-hybridized carbons (Fsp3) is 1.00. The first-order chi connectivity index (χ1) is 5.41. The van der Waals surface area contributed by atoms with Gasteiger partial charge in [-0.05, 0) is 12.8 Å². The van der Waals surface area contributed by atoms with Crippen LogP contribution in [0.5, 0.6) is 0 Å². The highest BCUT2D eigenvalue weighted by Gasteiger charge is 2.35. The molecule has 0 aromatic rings. The van der Waals surface area contributed by atoms with Gasteiger partial charge >= 0.3 is 0 Å². The summed E-state index contributed by atoms with van der Waals surface area (Å²) in [4.78, 5) is 0. The van der Waals surface area contributed by atoms with Gasteiger partial charge in [-0.1, -0.05) is 0 Å².